The average molecular weight is 277 g/mol. The van der Waals surface area contributed by atoms with Gasteiger partial charge in [0.05, 0.1) is 11.3 Å². The van der Waals surface area contributed by atoms with Crippen LogP contribution in [0.2, 0.25) is 0 Å². The van der Waals surface area contributed by atoms with Crippen molar-refractivity contribution in [1.29, 1.82) is 0 Å². The minimum atomic E-state index is -4.43. The monoisotopic (exact) mass is 277 g/mol. The first-order chi connectivity index (χ1) is 8.63. The highest BCUT2D eigenvalue weighted by Gasteiger charge is 2.33. The third-order valence-electron chi connectivity index (χ3n) is 2.63. The van der Waals surface area contributed by atoms with Gasteiger partial charge in [-0.1, -0.05) is 6.07 Å². The summed E-state index contributed by atoms with van der Waals surface area (Å²) < 4.78 is 51.3. The molecule has 0 bridgehead atoms. The van der Waals surface area contributed by atoms with Crippen LogP contribution in [0.4, 0.5) is 23.2 Å². The fourth-order valence-corrected chi connectivity index (χ4v) is 1.84. The maximum Gasteiger partial charge on any atom is 0.405 e. The largest absolute Gasteiger partial charge is 0.405 e. The van der Waals surface area contributed by atoms with Gasteiger partial charge >= 0.3 is 6.18 Å². The number of nitrogens with zero attached hydrogens (tertiary/aromatic N) is 1. The van der Waals surface area contributed by atoms with Gasteiger partial charge in [0.1, 0.15) is 12.4 Å². The predicted molar refractivity (Wildman–Crippen MR) is 64.9 cm³/mol. The molecule has 0 saturated carbocycles. The first-order valence-corrected chi connectivity index (χ1v) is 5.76. The number of hydrogen-bond donors (Lipinski definition) is 0. The zero-order valence-corrected chi connectivity index (χ0v) is 10.9. The lowest BCUT2D eigenvalue weighted by Gasteiger charge is -2.31. The Morgan fingerprint density at radius 1 is 1.32 bits per heavy atom. The van der Waals surface area contributed by atoms with Crippen LogP contribution in [0.5, 0.6) is 0 Å². The van der Waals surface area contributed by atoms with Crippen LogP contribution in [0.15, 0.2) is 18.2 Å². The number of ketones is 1. The van der Waals surface area contributed by atoms with Gasteiger partial charge in [0.2, 0.25) is 0 Å². The molecular formula is C13H15F4NO. The van der Waals surface area contributed by atoms with Gasteiger partial charge in [0.15, 0.2) is 5.78 Å². The van der Waals surface area contributed by atoms with Crippen molar-refractivity contribution in [1.82, 2.24) is 0 Å². The normalized spacial score (nSPS) is 11.8. The minimum Gasteiger partial charge on any atom is -0.359 e. The predicted octanol–water partition coefficient (Wildman–Crippen LogP) is 3.81. The van der Waals surface area contributed by atoms with Crippen molar-refractivity contribution in [2.45, 2.75) is 33.0 Å². The summed E-state index contributed by atoms with van der Waals surface area (Å²) in [5.41, 5.74) is -0.333. The van der Waals surface area contributed by atoms with Crippen LogP contribution in [0.1, 0.15) is 31.1 Å². The van der Waals surface area contributed by atoms with E-state index in [-0.39, 0.29) is 11.3 Å². The Bertz CT molecular complexity index is 468. The topological polar surface area (TPSA) is 20.3 Å². The number of benzene rings is 1. The summed E-state index contributed by atoms with van der Waals surface area (Å²) in [6.45, 7) is 3.02. The van der Waals surface area contributed by atoms with Crippen LogP contribution in [0.25, 0.3) is 0 Å². The van der Waals surface area contributed by atoms with Gasteiger partial charge in [-0.25, -0.2) is 4.39 Å². The molecule has 0 aromatic heterocycles. The van der Waals surface area contributed by atoms with Crippen LogP contribution >= 0.6 is 0 Å². The van der Waals surface area contributed by atoms with Crippen molar-refractivity contribution in [2.24, 2.45) is 0 Å². The van der Waals surface area contributed by atoms with E-state index in [0.29, 0.717) is 0 Å². The standard InChI is InChI=1S/C13H15F4NO/c1-8(2)18(7-13(15,16)17)11-6-4-5-10(14)12(11)9(3)19/h4-6,8H,7H2,1-3H3. The summed E-state index contributed by atoms with van der Waals surface area (Å²) in [5.74, 6) is -1.40. The molecule has 1 aromatic rings. The summed E-state index contributed by atoms with van der Waals surface area (Å²) >= 11 is 0. The molecule has 106 valence electrons. The molecule has 0 saturated heterocycles. The fourth-order valence-electron chi connectivity index (χ4n) is 1.84. The Balaban J connectivity index is 3.31. The average Bonchev–Trinajstić information content (AvgIpc) is 2.23. The van der Waals surface area contributed by atoms with Gasteiger partial charge in [-0.15, -0.1) is 0 Å². The lowest BCUT2D eigenvalue weighted by molar-refractivity contribution is -0.120. The number of carbonyl (C=O) groups excluding carboxylic acids is 1. The number of rotatable bonds is 4. The molecule has 0 amide bonds. The number of alkyl halides is 3. The molecule has 0 atom stereocenters. The van der Waals surface area contributed by atoms with Gasteiger partial charge in [0, 0.05) is 6.04 Å². The quantitative estimate of drug-likeness (QED) is 0.616. The van der Waals surface area contributed by atoms with E-state index >= 15 is 0 Å². The molecule has 0 spiro atoms. The molecule has 1 rings (SSSR count). The molecule has 0 aliphatic carbocycles. The van der Waals surface area contributed by atoms with Gasteiger partial charge in [-0.2, -0.15) is 13.2 Å². The number of Topliss-reactive ketones (excluding diaryl/α,β-unsaturated/α-hetero) is 1. The second-order valence-corrected chi connectivity index (χ2v) is 4.53. The van der Waals surface area contributed by atoms with Gasteiger partial charge < -0.3 is 4.90 Å². The molecule has 0 aliphatic rings. The van der Waals surface area contributed by atoms with Crippen LogP contribution in [-0.2, 0) is 0 Å². The zero-order valence-electron chi connectivity index (χ0n) is 10.9. The Morgan fingerprint density at radius 3 is 2.32 bits per heavy atom. The lowest BCUT2D eigenvalue weighted by Crippen LogP contribution is -2.40. The maximum absolute atomic E-state index is 13.6. The summed E-state index contributed by atoms with van der Waals surface area (Å²) in [4.78, 5) is 12.4. The number of carbonyl (C=O) groups is 1. The van der Waals surface area contributed by atoms with Gasteiger partial charge in [-0.05, 0) is 32.9 Å². The lowest BCUT2D eigenvalue weighted by atomic mass is 10.1. The molecule has 0 unspecified atom stereocenters. The number of hydrogen-bond acceptors (Lipinski definition) is 2. The van der Waals surface area contributed by atoms with Crippen molar-refractivity contribution in [3.63, 3.8) is 0 Å². The SMILES string of the molecule is CC(=O)c1c(F)cccc1N(CC(F)(F)F)C(C)C. The van der Waals surface area contributed by atoms with Gasteiger partial charge in [-0.3, -0.25) is 4.79 Å². The molecule has 0 heterocycles. The van der Waals surface area contributed by atoms with Crippen LogP contribution in [0, 0.1) is 5.82 Å². The van der Waals surface area contributed by atoms with E-state index in [4.69, 9.17) is 0 Å². The van der Waals surface area contributed by atoms with E-state index in [1.165, 1.54) is 12.1 Å². The van der Waals surface area contributed by atoms with Crippen molar-refractivity contribution in [3.8, 4) is 0 Å². The second-order valence-electron chi connectivity index (χ2n) is 4.53. The van der Waals surface area contributed by atoms with Gasteiger partial charge in [0.25, 0.3) is 0 Å². The maximum atomic E-state index is 13.6. The molecule has 1 aromatic carbocycles. The first kappa shape index (κ1) is 15.5. The molecule has 0 radical (unpaired) electrons. The highest BCUT2D eigenvalue weighted by Crippen LogP contribution is 2.29. The molecular weight excluding hydrogens is 262 g/mol. The number of halogens is 4. The zero-order chi connectivity index (χ0) is 14.8. The third-order valence-corrected chi connectivity index (χ3v) is 2.63. The smallest absolute Gasteiger partial charge is 0.359 e. The Kier molecular flexibility index (Phi) is 4.55. The van der Waals surface area contributed by atoms with E-state index in [1.807, 2.05) is 0 Å². The molecule has 0 N–H and O–H groups in total. The van der Waals surface area contributed by atoms with E-state index < -0.39 is 30.4 Å². The van der Waals surface area contributed by atoms with Crippen molar-refractivity contribution >= 4 is 11.5 Å². The van der Waals surface area contributed by atoms with Crippen LogP contribution < -0.4 is 4.90 Å². The second kappa shape index (κ2) is 5.59. The summed E-state index contributed by atoms with van der Waals surface area (Å²) in [7, 11) is 0. The van der Waals surface area contributed by atoms with Crippen LogP contribution in [0.3, 0.4) is 0 Å². The van der Waals surface area contributed by atoms with Crippen LogP contribution in [-0.4, -0.2) is 24.5 Å². The molecule has 2 nitrogen and oxygen atoms in total. The third kappa shape index (κ3) is 3.94. The van der Waals surface area contributed by atoms with E-state index in [9.17, 15) is 22.4 Å². The summed E-state index contributed by atoms with van der Waals surface area (Å²) in [6.07, 6.45) is -4.43. The van der Waals surface area contributed by atoms with Crippen molar-refractivity contribution < 1.29 is 22.4 Å². The highest BCUT2D eigenvalue weighted by molar-refractivity contribution is 6.00. The molecule has 19 heavy (non-hydrogen) atoms. The Morgan fingerprint density at radius 2 is 1.89 bits per heavy atom. The van der Waals surface area contributed by atoms with E-state index in [2.05, 4.69) is 0 Å². The summed E-state index contributed by atoms with van der Waals surface area (Å²) in [5, 5.41) is 0. The van der Waals surface area contributed by atoms with E-state index in [0.717, 1.165) is 17.9 Å². The van der Waals surface area contributed by atoms with Crippen molar-refractivity contribution in [2.75, 3.05) is 11.4 Å². The molecule has 0 fully saturated rings. The molecule has 6 heteroatoms. The number of anilines is 1. The Hall–Kier alpha value is -1.59. The minimum absolute atomic E-state index is 0.0279. The highest BCUT2D eigenvalue weighted by atomic mass is 19.4. The fraction of sp³-hybridized carbons (Fsp3) is 0.462. The summed E-state index contributed by atoms with van der Waals surface area (Å²) in [6, 6.07) is 3.17. The van der Waals surface area contributed by atoms with Crippen molar-refractivity contribution in [3.05, 3.63) is 29.6 Å². The first-order valence-electron chi connectivity index (χ1n) is 5.76. The van der Waals surface area contributed by atoms with E-state index in [1.54, 1.807) is 13.8 Å². The molecule has 0 aliphatic heterocycles. The Labute approximate surface area is 109 Å².